The molecule has 1 aromatic carbocycles. The van der Waals surface area contributed by atoms with Crippen molar-refractivity contribution in [2.45, 2.75) is 20.4 Å². The molecule has 0 bridgehead atoms. The monoisotopic (exact) mass is 263 g/mol. The summed E-state index contributed by atoms with van der Waals surface area (Å²) >= 11 is 0. The van der Waals surface area contributed by atoms with Gasteiger partial charge in [-0.3, -0.25) is 9.48 Å². The molecule has 1 amide bonds. The third-order valence-electron chi connectivity index (χ3n) is 2.71. The van der Waals surface area contributed by atoms with Crippen LogP contribution in [0.3, 0.4) is 0 Å². The first-order chi connectivity index (χ1) is 9.01. The standard InChI is InChI=1S/C13H14FN3O2/c1-3-17-7-10(8(2)16-17)13(19)15-12-6-9(18)4-5-11(12)14/h4-7,18H,3H2,1-2H3,(H,15,19). The number of amides is 1. The van der Waals surface area contributed by atoms with E-state index in [4.69, 9.17) is 0 Å². The fraction of sp³-hybridized carbons (Fsp3) is 0.231. The number of nitrogens with one attached hydrogen (secondary N) is 1. The number of phenols is 1. The van der Waals surface area contributed by atoms with E-state index in [1.165, 1.54) is 6.07 Å². The summed E-state index contributed by atoms with van der Waals surface area (Å²) in [6.45, 7) is 4.26. The average molecular weight is 263 g/mol. The van der Waals surface area contributed by atoms with Crippen molar-refractivity contribution in [2.75, 3.05) is 5.32 Å². The summed E-state index contributed by atoms with van der Waals surface area (Å²) in [6, 6.07) is 3.46. The van der Waals surface area contributed by atoms with Crippen LogP contribution in [0.15, 0.2) is 24.4 Å². The number of carbonyl (C=O) groups excluding carboxylic acids is 1. The van der Waals surface area contributed by atoms with E-state index in [0.29, 0.717) is 17.8 Å². The minimum absolute atomic E-state index is 0.0614. The highest BCUT2D eigenvalue weighted by molar-refractivity contribution is 6.05. The number of hydrogen-bond acceptors (Lipinski definition) is 3. The molecule has 0 saturated carbocycles. The smallest absolute Gasteiger partial charge is 0.259 e. The van der Waals surface area contributed by atoms with Crippen molar-refractivity contribution >= 4 is 11.6 Å². The number of halogens is 1. The lowest BCUT2D eigenvalue weighted by atomic mass is 10.2. The zero-order chi connectivity index (χ0) is 14.0. The maximum Gasteiger partial charge on any atom is 0.259 e. The average Bonchev–Trinajstić information content (AvgIpc) is 2.75. The molecular formula is C13H14FN3O2. The second-order valence-corrected chi connectivity index (χ2v) is 4.10. The molecule has 0 spiro atoms. The van der Waals surface area contributed by atoms with Gasteiger partial charge in [0, 0.05) is 18.8 Å². The van der Waals surface area contributed by atoms with E-state index < -0.39 is 11.7 Å². The van der Waals surface area contributed by atoms with Crippen LogP contribution in [0, 0.1) is 12.7 Å². The Kier molecular flexibility index (Phi) is 3.50. The molecule has 2 N–H and O–H groups in total. The Balaban J connectivity index is 2.25. The zero-order valence-corrected chi connectivity index (χ0v) is 10.6. The molecule has 5 nitrogen and oxygen atoms in total. The number of aromatic hydroxyl groups is 1. The second-order valence-electron chi connectivity index (χ2n) is 4.10. The fourth-order valence-electron chi connectivity index (χ4n) is 1.70. The number of rotatable bonds is 3. The van der Waals surface area contributed by atoms with E-state index in [2.05, 4.69) is 10.4 Å². The van der Waals surface area contributed by atoms with Crippen molar-refractivity contribution in [3.63, 3.8) is 0 Å². The van der Waals surface area contributed by atoms with Crippen molar-refractivity contribution in [3.05, 3.63) is 41.5 Å². The molecule has 0 unspecified atom stereocenters. The molecular weight excluding hydrogens is 249 g/mol. The van der Waals surface area contributed by atoms with Gasteiger partial charge in [0.2, 0.25) is 0 Å². The summed E-state index contributed by atoms with van der Waals surface area (Å²) in [7, 11) is 0. The van der Waals surface area contributed by atoms with Crippen LogP contribution >= 0.6 is 0 Å². The number of benzene rings is 1. The van der Waals surface area contributed by atoms with E-state index in [0.717, 1.165) is 12.1 Å². The lowest BCUT2D eigenvalue weighted by Crippen LogP contribution is -2.13. The molecule has 0 saturated heterocycles. The summed E-state index contributed by atoms with van der Waals surface area (Å²) in [4.78, 5) is 12.0. The number of aryl methyl sites for hydroxylation is 2. The van der Waals surface area contributed by atoms with Gasteiger partial charge in [-0.1, -0.05) is 0 Å². The van der Waals surface area contributed by atoms with Gasteiger partial charge in [0.05, 0.1) is 16.9 Å². The highest BCUT2D eigenvalue weighted by atomic mass is 19.1. The lowest BCUT2D eigenvalue weighted by molar-refractivity contribution is 0.102. The Morgan fingerprint density at radius 1 is 1.53 bits per heavy atom. The summed E-state index contributed by atoms with van der Waals surface area (Å²) in [6.07, 6.45) is 1.60. The molecule has 0 aliphatic rings. The number of anilines is 1. The molecule has 0 aliphatic carbocycles. The molecule has 0 aliphatic heterocycles. The number of nitrogens with zero attached hydrogens (tertiary/aromatic N) is 2. The van der Waals surface area contributed by atoms with Crippen molar-refractivity contribution in [1.29, 1.82) is 0 Å². The molecule has 6 heteroatoms. The van der Waals surface area contributed by atoms with Gasteiger partial charge in [0.1, 0.15) is 11.6 Å². The predicted molar refractivity (Wildman–Crippen MR) is 68.7 cm³/mol. The first-order valence-electron chi connectivity index (χ1n) is 5.85. The summed E-state index contributed by atoms with van der Waals surface area (Å²) in [5, 5.41) is 15.8. The molecule has 0 radical (unpaired) electrons. The number of aromatic nitrogens is 2. The van der Waals surface area contributed by atoms with E-state index in [1.807, 2.05) is 6.92 Å². The minimum atomic E-state index is -0.605. The summed E-state index contributed by atoms with van der Waals surface area (Å²) in [5.41, 5.74) is 0.887. The fourth-order valence-corrected chi connectivity index (χ4v) is 1.70. The highest BCUT2D eigenvalue weighted by Gasteiger charge is 2.15. The van der Waals surface area contributed by atoms with Crippen molar-refractivity contribution in [2.24, 2.45) is 0 Å². The van der Waals surface area contributed by atoms with Gasteiger partial charge in [0.25, 0.3) is 5.91 Å². The summed E-state index contributed by atoms with van der Waals surface area (Å²) in [5.74, 6) is -1.17. The molecule has 1 heterocycles. The van der Waals surface area contributed by atoms with E-state index in [9.17, 15) is 14.3 Å². The van der Waals surface area contributed by atoms with Gasteiger partial charge in [-0.15, -0.1) is 0 Å². The van der Waals surface area contributed by atoms with Crippen LogP contribution in [0.5, 0.6) is 5.75 Å². The molecule has 1 aromatic heterocycles. The van der Waals surface area contributed by atoms with Gasteiger partial charge < -0.3 is 10.4 Å². The van der Waals surface area contributed by atoms with E-state index >= 15 is 0 Å². The van der Waals surface area contributed by atoms with Crippen LogP contribution in [-0.4, -0.2) is 20.8 Å². The van der Waals surface area contributed by atoms with Crippen molar-refractivity contribution in [1.82, 2.24) is 9.78 Å². The SMILES string of the molecule is CCn1cc(C(=O)Nc2cc(O)ccc2F)c(C)n1. The Morgan fingerprint density at radius 2 is 2.26 bits per heavy atom. The van der Waals surface area contributed by atoms with Crippen LogP contribution in [-0.2, 0) is 6.54 Å². The quantitative estimate of drug-likeness (QED) is 0.893. The molecule has 0 atom stereocenters. The second kappa shape index (κ2) is 5.09. The van der Waals surface area contributed by atoms with Crippen LogP contribution in [0.25, 0.3) is 0 Å². The predicted octanol–water partition coefficient (Wildman–Crippen LogP) is 2.31. The van der Waals surface area contributed by atoms with Gasteiger partial charge in [0.15, 0.2) is 0 Å². The van der Waals surface area contributed by atoms with Crippen molar-refractivity contribution < 1.29 is 14.3 Å². The zero-order valence-electron chi connectivity index (χ0n) is 10.6. The first-order valence-corrected chi connectivity index (χ1v) is 5.85. The van der Waals surface area contributed by atoms with E-state index in [1.54, 1.807) is 17.8 Å². The first kappa shape index (κ1) is 13.1. The number of carbonyl (C=O) groups is 1. The van der Waals surface area contributed by atoms with Gasteiger partial charge >= 0.3 is 0 Å². The Labute approximate surface area is 109 Å². The molecule has 0 fully saturated rings. The van der Waals surface area contributed by atoms with Gasteiger partial charge in [-0.2, -0.15) is 5.10 Å². The Bertz CT molecular complexity index is 622. The molecule has 100 valence electrons. The number of hydrogen-bond donors (Lipinski definition) is 2. The van der Waals surface area contributed by atoms with Crippen molar-refractivity contribution in [3.8, 4) is 5.75 Å². The molecule has 19 heavy (non-hydrogen) atoms. The van der Waals surface area contributed by atoms with Crippen LogP contribution in [0.1, 0.15) is 23.0 Å². The van der Waals surface area contributed by atoms with Gasteiger partial charge in [-0.05, 0) is 26.0 Å². The molecule has 2 aromatic rings. The third-order valence-corrected chi connectivity index (χ3v) is 2.71. The maximum atomic E-state index is 13.5. The minimum Gasteiger partial charge on any atom is -0.508 e. The topological polar surface area (TPSA) is 67.2 Å². The van der Waals surface area contributed by atoms with Crippen LogP contribution in [0.4, 0.5) is 10.1 Å². The van der Waals surface area contributed by atoms with Gasteiger partial charge in [-0.25, -0.2) is 4.39 Å². The maximum absolute atomic E-state index is 13.5. The Hall–Kier alpha value is -2.37. The van der Waals surface area contributed by atoms with Crippen LogP contribution in [0.2, 0.25) is 0 Å². The molecule has 2 rings (SSSR count). The third kappa shape index (κ3) is 2.73. The summed E-state index contributed by atoms with van der Waals surface area (Å²) < 4.78 is 15.1. The van der Waals surface area contributed by atoms with Crippen LogP contribution < -0.4 is 5.32 Å². The Morgan fingerprint density at radius 3 is 2.89 bits per heavy atom. The normalized spacial score (nSPS) is 10.5. The highest BCUT2D eigenvalue weighted by Crippen LogP contribution is 2.21. The lowest BCUT2D eigenvalue weighted by Gasteiger charge is -2.06. The largest absolute Gasteiger partial charge is 0.508 e. The number of phenolic OH excluding ortho intramolecular Hbond substituents is 1. The van der Waals surface area contributed by atoms with E-state index in [-0.39, 0.29) is 11.4 Å².